The second-order valence-corrected chi connectivity index (χ2v) is 8.94. The number of carbonyl (C=O) groups excluding carboxylic acids is 3. The molecule has 1 saturated heterocycles. The molecule has 1 aromatic heterocycles. The molecule has 3 heterocycles. The first-order chi connectivity index (χ1) is 13.7. The fraction of sp³-hybridized carbons (Fsp3) is 0.444. The summed E-state index contributed by atoms with van der Waals surface area (Å²) < 4.78 is 4.94. The molecule has 0 saturated carbocycles. The predicted molar refractivity (Wildman–Crippen MR) is 107 cm³/mol. The van der Waals surface area contributed by atoms with Crippen LogP contribution in [0.25, 0.3) is 0 Å². The zero-order valence-electron chi connectivity index (χ0n) is 16.1. The van der Waals surface area contributed by atoms with Crippen LogP contribution in [0.5, 0.6) is 0 Å². The SMILES string of the molecule is CC(=O)OCC1=C(C(=O)O)N2C(=O)C(NC(=O)Cc3cccs3)(N(C)C)[C@H]2SC1. The highest BCUT2D eigenvalue weighted by Gasteiger charge is 2.67. The van der Waals surface area contributed by atoms with Crippen molar-refractivity contribution in [3.63, 3.8) is 0 Å². The predicted octanol–water partition coefficient (Wildman–Crippen LogP) is 0.482. The number of carbonyl (C=O) groups is 4. The number of amides is 2. The minimum absolute atomic E-state index is 0.136. The Labute approximate surface area is 175 Å². The standard InChI is InChI=1S/C18H21N3O6S2/c1-10(22)27-8-11-9-29-17-18(20(2)3,16(26)21(17)14(11)15(24)25)19-13(23)7-12-5-4-6-28-12/h4-6,17H,7-9H2,1-3H3,(H,19,23)(H,24,25)/t17-,18?/m1/s1. The van der Waals surface area contributed by atoms with Crippen LogP contribution in [0.3, 0.4) is 0 Å². The average molecular weight is 440 g/mol. The van der Waals surface area contributed by atoms with Gasteiger partial charge in [0.1, 0.15) is 17.7 Å². The van der Waals surface area contributed by atoms with Gasteiger partial charge in [0.2, 0.25) is 11.6 Å². The number of rotatable bonds is 7. The van der Waals surface area contributed by atoms with Crippen LogP contribution in [0.2, 0.25) is 0 Å². The monoisotopic (exact) mass is 439 g/mol. The molecule has 0 aromatic carbocycles. The maximum absolute atomic E-state index is 13.1. The highest BCUT2D eigenvalue weighted by Crippen LogP contribution is 2.47. The lowest BCUT2D eigenvalue weighted by atomic mass is 9.93. The van der Waals surface area contributed by atoms with E-state index in [4.69, 9.17) is 4.74 Å². The second kappa shape index (κ2) is 8.17. The van der Waals surface area contributed by atoms with Crippen LogP contribution in [0, 0.1) is 0 Å². The maximum Gasteiger partial charge on any atom is 0.352 e. The molecule has 3 rings (SSSR count). The number of thioether (sulfide) groups is 1. The highest BCUT2D eigenvalue weighted by atomic mass is 32.2. The van der Waals surface area contributed by atoms with Gasteiger partial charge in [0.05, 0.1) is 6.42 Å². The molecule has 1 aromatic rings. The van der Waals surface area contributed by atoms with Crippen LogP contribution in [-0.2, 0) is 30.3 Å². The number of esters is 1. The summed E-state index contributed by atoms with van der Waals surface area (Å²) in [6, 6.07) is 3.68. The summed E-state index contributed by atoms with van der Waals surface area (Å²) in [4.78, 5) is 52.3. The Morgan fingerprint density at radius 1 is 1.41 bits per heavy atom. The molecule has 29 heavy (non-hydrogen) atoms. The Morgan fingerprint density at radius 2 is 2.14 bits per heavy atom. The van der Waals surface area contributed by atoms with E-state index in [-0.39, 0.29) is 30.4 Å². The van der Waals surface area contributed by atoms with Gasteiger partial charge in [-0.15, -0.1) is 23.1 Å². The van der Waals surface area contributed by atoms with Gasteiger partial charge in [0.15, 0.2) is 0 Å². The molecule has 2 aliphatic rings. The summed E-state index contributed by atoms with van der Waals surface area (Å²) >= 11 is 2.77. The molecule has 11 heteroatoms. The van der Waals surface area contributed by atoms with Gasteiger partial charge in [-0.3, -0.25) is 24.2 Å². The zero-order valence-corrected chi connectivity index (χ0v) is 17.8. The summed E-state index contributed by atoms with van der Waals surface area (Å²) in [5.41, 5.74) is -1.18. The van der Waals surface area contributed by atoms with E-state index in [1.165, 1.54) is 34.9 Å². The van der Waals surface area contributed by atoms with Crippen molar-refractivity contribution < 1.29 is 29.0 Å². The Hall–Kier alpha value is -2.37. The molecule has 2 atom stereocenters. The van der Waals surface area contributed by atoms with Crippen molar-refractivity contribution in [3.05, 3.63) is 33.7 Å². The second-order valence-electron chi connectivity index (χ2n) is 6.84. The molecule has 0 radical (unpaired) electrons. The van der Waals surface area contributed by atoms with Gasteiger partial charge < -0.3 is 15.2 Å². The third-order valence-electron chi connectivity index (χ3n) is 4.73. The third kappa shape index (κ3) is 3.77. The summed E-state index contributed by atoms with van der Waals surface area (Å²) in [7, 11) is 3.33. The lowest BCUT2D eigenvalue weighted by molar-refractivity contribution is -0.171. The molecule has 0 bridgehead atoms. The quantitative estimate of drug-likeness (QED) is 0.358. The highest BCUT2D eigenvalue weighted by molar-refractivity contribution is 8.00. The van der Waals surface area contributed by atoms with E-state index in [1.807, 2.05) is 17.5 Å². The van der Waals surface area contributed by atoms with Gasteiger partial charge in [0, 0.05) is 23.1 Å². The van der Waals surface area contributed by atoms with Gasteiger partial charge in [-0.05, 0) is 25.5 Å². The van der Waals surface area contributed by atoms with Gasteiger partial charge in [-0.1, -0.05) is 6.07 Å². The zero-order chi connectivity index (χ0) is 21.3. The Bertz CT molecular complexity index is 882. The average Bonchev–Trinajstić information content (AvgIpc) is 3.15. The van der Waals surface area contributed by atoms with Gasteiger partial charge in [0.25, 0.3) is 5.91 Å². The number of hydrogen-bond acceptors (Lipinski definition) is 8. The number of fused-ring (bicyclic) bond motifs is 1. The number of carboxylic acid groups (broad SMARTS) is 1. The Balaban J connectivity index is 1.86. The van der Waals surface area contributed by atoms with Crippen LogP contribution in [0.15, 0.2) is 28.8 Å². The smallest absolute Gasteiger partial charge is 0.352 e. The number of thiophene rings is 1. The third-order valence-corrected chi connectivity index (χ3v) is 6.99. The topological polar surface area (TPSA) is 116 Å². The van der Waals surface area contributed by atoms with Crippen LogP contribution in [0.1, 0.15) is 11.8 Å². The van der Waals surface area contributed by atoms with Crippen LogP contribution in [-0.4, -0.2) is 76.2 Å². The summed E-state index contributed by atoms with van der Waals surface area (Å²) in [5, 5.41) is 13.8. The molecule has 1 unspecified atom stereocenters. The number of nitrogens with one attached hydrogen (secondary N) is 1. The summed E-state index contributed by atoms with van der Waals surface area (Å²) in [6.07, 6.45) is 0.136. The Kier molecular flexibility index (Phi) is 6.01. The summed E-state index contributed by atoms with van der Waals surface area (Å²) in [6.45, 7) is 1.04. The van der Waals surface area contributed by atoms with E-state index >= 15 is 0 Å². The lowest BCUT2D eigenvalue weighted by Gasteiger charge is -2.59. The molecule has 156 valence electrons. The maximum atomic E-state index is 13.1. The first-order valence-corrected chi connectivity index (χ1v) is 10.7. The number of β-lactam (4-membered cyclic amide) rings is 1. The molecule has 0 spiro atoms. The fourth-order valence-corrected chi connectivity index (χ4v) is 5.61. The molecule has 0 aliphatic carbocycles. The van der Waals surface area contributed by atoms with Crippen molar-refractivity contribution in [1.29, 1.82) is 0 Å². The number of aliphatic carboxylic acids is 1. The van der Waals surface area contributed by atoms with Gasteiger partial charge in [-0.25, -0.2) is 4.79 Å². The van der Waals surface area contributed by atoms with E-state index in [1.54, 1.807) is 19.0 Å². The minimum atomic E-state index is -1.34. The first-order valence-electron chi connectivity index (χ1n) is 8.73. The van der Waals surface area contributed by atoms with Crippen molar-refractivity contribution in [1.82, 2.24) is 15.1 Å². The van der Waals surface area contributed by atoms with Crippen LogP contribution >= 0.6 is 23.1 Å². The molecular formula is C18H21N3O6S2. The minimum Gasteiger partial charge on any atom is -0.477 e. The number of ether oxygens (including phenoxy) is 1. The molecule has 2 amide bonds. The number of hydrogen-bond donors (Lipinski definition) is 2. The first kappa shape index (κ1) is 21.3. The van der Waals surface area contributed by atoms with E-state index < -0.39 is 28.9 Å². The fourth-order valence-electron chi connectivity index (χ4n) is 3.37. The van der Waals surface area contributed by atoms with Crippen LogP contribution < -0.4 is 5.32 Å². The van der Waals surface area contributed by atoms with Crippen molar-refractivity contribution in [2.24, 2.45) is 0 Å². The summed E-state index contributed by atoms with van der Waals surface area (Å²) in [5.74, 6) is -2.39. The Morgan fingerprint density at radius 3 is 2.69 bits per heavy atom. The molecule has 9 nitrogen and oxygen atoms in total. The van der Waals surface area contributed by atoms with E-state index in [0.29, 0.717) is 5.57 Å². The normalized spacial score (nSPS) is 23.5. The molecule has 2 aliphatic heterocycles. The van der Waals surface area contributed by atoms with Gasteiger partial charge in [-0.2, -0.15) is 0 Å². The van der Waals surface area contributed by atoms with Crippen molar-refractivity contribution in [2.45, 2.75) is 24.4 Å². The molecule has 2 N–H and O–H groups in total. The lowest BCUT2D eigenvalue weighted by Crippen LogP contribution is -2.84. The number of likely N-dealkylation sites (N-methyl/N-ethyl adjacent to an activating group) is 1. The van der Waals surface area contributed by atoms with E-state index in [9.17, 15) is 24.3 Å². The molecular weight excluding hydrogens is 418 g/mol. The number of carboxylic acids is 1. The number of nitrogens with zero attached hydrogens (tertiary/aromatic N) is 2. The van der Waals surface area contributed by atoms with E-state index in [0.717, 1.165) is 4.88 Å². The molecule has 1 fully saturated rings. The van der Waals surface area contributed by atoms with E-state index in [2.05, 4.69) is 5.32 Å². The van der Waals surface area contributed by atoms with Crippen LogP contribution in [0.4, 0.5) is 0 Å². The van der Waals surface area contributed by atoms with Crippen molar-refractivity contribution in [2.75, 3.05) is 26.5 Å². The van der Waals surface area contributed by atoms with Gasteiger partial charge >= 0.3 is 11.9 Å². The van der Waals surface area contributed by atoms with Crippen molar-refractivity contribution in [3.8, 4) is 0 Å². The largest absolute Gasteiger partial charge is 0.477 e. The van der Waals surface area contributed by atoms with Crippen molar-refractivity contribution >= 4 is 46.9 Å².